The first kappa shape index (κ1) is 16.8. The van der Waals surface area contributed by atoms with E-state index in [1.807, 2.05) is 61.5 Å². The molecule has 0 bridgehead atoms. The highest BCUT2D eigenvalue weighted by molar-refractivity contribution is 5.78. The Bertz CT molecular complexity index is 839. The summed E-state index contributed by atoms with van der Waals surface area (Å²) in [5.74, 6) is 1.91. The Hall–Kier alpha value is -3.08. The quantitative estimate of drug-likeness (QED) is 0.748. The van der Waals surface area contributed by atoms with Gasteiger partial charge in [-0.05, 0) is 36.8 Å². The average molecular weight is 336 g/mol. The van der Waals surface area contributed by atoms with Crippen molar-refractivity contribution in [1.29, 1.82) is 0 Å². The van der Waals surface area contributed by atoms with E-state index in [9.17, 15) is 4.79 Å². The number of nitrogens with zero attached hydrogens (tertiary/aromatic N) is 1. The molecule has 1 amide bonds. The maximum Gasteiger partial charge on any atom is 0.226 e. The summed E-state index contributed by atoms with van der Waals surface area (Å²) in [5.41, 5.74) is 2.57. The first-order valence-electron chi connectivity index (χ1n) is 8.07. The van der Waals surface area contributed by atoms with Crippen LogP contribution in [-0.2, 0) is 17.8 Å². The van der Waals surface area contributed by atoms with E-state index in [0.29, 0.717) is 23.9 Å². The molecule has 0 atom stereocenters. The number of oxazole rings is 1. The fourth-order valence-electron chi connectivity index (χ4n) is 2.45. The zero-order chi connectivity index (χ0) is 17.6. The lowest BCUT2D eigenvalue weighted by Gasteiger charge is -2.05. The number of benzene rings is 2. The van der Waals surface area contributed by atoms with Gasteiger partial charge in [0.1, 0.15) is 11.5 Å². The normalized spacial score (nSPS) is 10.5. The number of ether oxygens (including phenoxy) is 1. The van der Waals surface area contributed by atoms with Crippen LogP contribution in [0.15, 0.2) is 59.0 Å². The second-order valence-electron chi connectivity index (χ2n) is 5.69. The molecule has 2 aromatic carbocycles. The van der Waals surface area contributed by atoms with E-state index in [-0.39, 0.29) is 12.3 Å². The Labute approximate surface area is 146 Å². The van der Waals surface area contributed by atoms with Crippen molar-refractivity contribution in [1.82, 2.24) is 10.3 Å². The monoisotopic (exact) mass is 336 g/mol. The predicted molar refractivity (Wildman–Crippen MR) is 95.2 cm³/mol. The van der Waals surface area contributed by atoms with Crippen LogP contribution >= 0.6 is 0 Å². The summed E-state index contributed by atoms with van der Waals surface area (Å²) >= 11 is 0. The molecule has 0 saturated carbocycles. The molecule has 1 N–H and O–H groups in total. The van der Waals surface area contributed by atoms with E-state index in [4.69, 9.17) is 9.15 Å². The van der Waals surface area contributed by atoms with Gasteiger partial charge in [-0.2, -0.15) is 0 Å². The Morgan fingerprint density at radius 1 is 1.12 bits per heavy atom. The predicted octanol–water partition coefficient (Wildman–Crippen LogP) is 3.52. The van der Waals surface area contributed by atoms with Gasteiger partial charge in [-0.15, -0.1) is 0 Å². The highest BCUT2D eigenvalue weighted by atomic mass is 16.5. The van der Waals surface area contributed by atoms with Gasteiger partial charge in [0.15, 0.2) is 0 Å². The van der Waals surface area contributed by atoms with Crippen molar-refractivity contribution in [3.8, 4) is 17.2 Å². The van der Waals surface area contributed by atoms with Gasteiger partial charge in [0, 0.05) is 12.1 Å². The van der Waals surface area contributed by atoms with Crippen LogP contribution in [0.1, 0.15) is 17.0 Å². The number of nitrogens with one attached hydrogen (secondary N) is 1. The van der Waals surface area contributed by atoms with Crippen LogP contribution in [0.4, 0.5) is 0 Å². The second kappa shape index (κ2) is 7.66. The molecule has 1 aromatic heterocycles. The van der Waals surface area contributed by atoms with Crippen LogP contribution in [-0.4, -0.2) is 18.0 Å². The second-order valence-corrected chi connectivity index (χ2v) is 5.69. The lowest BCUT2D eigenvalue weighted by Crippen LogP contribution is -2.24. The first-order chi connectivity index (χ1) is 12.2. The number of hydrogen-bond donors (Lipinski definition) is 1. The lowest BCUT2D eigenvalue weighted by molar-refractivity contribution is -0.120. The van der Waals surface area contributed by atoms with Gasteiger partial charge in [0.25, 0.3) is 0 Å². The molecule has 0 saturated heterocycles. The van der Waals surface area contributed by atoms with Gasteiger partial charge in [0.2, 0.25) is 11.8 Å². The number of aromatic nitrogens is 1. The SMILES string of the molecule is COc1ccc(CNC(=O)Cc2nc(-c3ccccc3)oc2C)cc1. The summed E-state index contributed by atoms with van der Waals surface area (Å²) in [6, 6.07) is 17.2. The summed E-state index contributed by atoms with van der Waals surface area (Å²) in [5, 5.41) is 2.90. The van der Waals surface area contributed by atoms with Gasteiger partial charge in [-0.3, -0.25) is 4.79 Å². The third-order valence-electron chi connectivity index (χ3n) is 3.89. The summed E-state index contributed by atoms with van der Waals surface area (Å²) in [6.07, 6.45) is 0.193. The van der Waals surface area contributed by atoms with Crippen molar-refractivity contribution in [2.45, 2.75) is 19.9 Å². The van der Waals surface area contributed by atoms with Crippen molar-refractivity contribution >= 4 is 5.91 Å². The number of amides is 1. The molecule has 0 aliphatic rings. The number of methoxy groups -OCH3 is 1. The van der Waals surface area contributed by atoms with E-state index in [1.54, 1.807) is 7.11 Å². The van der Waals surface area contributed by atoms with Crippen LogP contribution in [0.3, 0.4) is 0 Å². The standard InChI is InChI=1S/C20H20N2O3/c1-14-18(22-20(25-14)16-6-4-3-5-7-16)12-19(23)21-13-15-8-10-17(24-2)11-9-15/h3-11H,12-13H2,1-2H3,(H,21,23). The zero-order valence-corrected chi connectivity index (χ0v) is 14.3. The van der Waals surface area contributed by atoms with Crippen molar-refractivity contribution in [2.75, 3.05) is 7.11 Å². The van der Waals surface area contributed by atoms with Crippen LogP contribution < -0.4 is 10.1 Å². The number of carbonyl (C=O) groups excluding carboxylic acids is 1. The van der Waals surface area contributed by atoms with E-state index in [2.05, 4.69) is 10.3 Å². The number of aryl methyl sites for hydroxylation is 1. The van der Waals surface area contributed by atoms with Crippen LogP contribution in [0.2, 0.25) is 0 Å². The Morgan fingerprint density at radius 3 is 2.52 bits per heavy atom. The van der Waals surface area contributed by atoms with Gasteiger partial charge in [-0.1, -0.05) is 30.3 Å². The fraction of sp³-hybridized carbons (Fsp3) is 0.200. The molecule has 3 aromatic rings. The minimum atomic E-state index is -0.0909. The van der Waals surface area contributed by atoms with Crippen LogP contribution in [0, 0.1) is 6.92 Å². The first-order valence-corrected chi connectivity index (χ1v) is 8.07. The molecule has 0 unspecified atom stereocenters. The summed E-state index contributed by atoms with van der Waals surface area (Å²) < 4.78 is 10.8. The Balaban J connectivity index is 1.60. The molecule has 3 rings (SSSR count). The zero-order valence-electron chi connectivity index (χ0n) is 14.3. The van der Waals surface area contributed by atoms with E-state index >= 15 is 0 Å². The van der Waals surface area contributed by atoms with E-state index < -0.39 is 0 Å². The van der Waals surface area contributed by atoms with Crippen molar-refractivity contribution in [3.05, 3.63) is 71.6 Å². The summed E-state index contributed by atoms with van der Waals surface area (Å²) in [4.78, 5) is 16.6. The molecular formula is C20H20N2O3. The van der Waals surface area contributed by atoms with Gasteiger partial charge >= 0.3 is 0 Å². The maximum absolute atomic E-state index is 12.2. The maximum atomic E-state index is 12.2. The topological polar surface area (TPSA) is 64.4 Å². The van der Waals surface area contributed by atoms with Crippen LogP contribution in [0.25, 0.3) is 11.5 Å². The third-order valence-corrected chi connectivity index (χ3v) is 3.89. The molecule has 0 aliphatic heterocycles. The number of rotatable bonds is 6. The average Bonchev–Trinajstić information content (AvgIpc) is 3.01. The number of hydrogen-bond acceptors (Lipinski definition) is 4. The molecule has 5 nitrogen and oxygen atoms in total. The highest BCUT2D eigenvalue weighted by Gasteiger charge is 2.14. The fourth-order valence-corrected chi connectivity index (χ4v) is 2.45. The molecule has 25 heavy (non-hydrogen) atoms. The molecule has 5 heteroatoms. The van der Waals surface area contributed by atoms with Crippen molar-refractivity contribution in [2.24, 2.45) is 0 Å². The molecule has 1 heterocycles. The number of carbonyl (C=O) groups is 1. The lowest BCUT2D eigenvalue weighted by atomic mass is 10.2. The van der Waals surface area contributed by atoms with Gasteiger partial charge in [0.05, 0.1) is 19.2 Å². The van der Waals surface area contributed by atoms with Crippen molar-refractivity contribution in [3.63, 3.8) is 0 Å². The van der Waals surface area contributed by atoms with Gasteiger partial charge < -0.3 is 14.5 Å². The highest BCUT2D eigenvalue weighted by Crippen LogP contribution is 2.21. The molecule has 0 spiro atoms. The molecule has 0 radical (unpaired) electrons. The minimum absolute atomic E-state index is 0.0909. The van der Waals surface area contributed by atoms with E-state index in [0.717, 1.165) is 16.9 Å². The van der Waals surface area contributed by atoms with Crippen molar-refractivity contribution < 1.29 is 13.9 Å². The Kier molecular flexibility index (Phi) is 5.14. The summed E-state index contributed by atoms with van der Waals surface area (Å²) in [6.45, 7) is 2.29. The molecular weight excluding hydrogens is 316 g/mol. The summed E-state index contributed by atoms with van der Waals surface area (Å²) in [7, 11) is 1.63. The molecule has 128 valence electrons. The largest absolute Gasteiger partial charge is 0.497 e. The Morgan fingerprint density at radius 2 is 1.84 bits per heavy atom. The molecule has 0 aliphatic carbocycles. The molecule has 0 fully saturated rings. The van der Waals surface area contributed by atoms with Crippen LogP contribution in [0.5, 0.6) is 5.75 Å². The van der Waals surface area contributed by atoms with Gasteiger partial charge in [-0.25, -0.2) is 4.98 Å². The van der Waals surface area contributed by atoms with E-state index in [1.165, 1.54) is 0 Å². The third kappa shape index (κ3) is 4.26. The smallest absolute Gasteiger partial charge is 0.226 e. The minimum Gasteiger partial charge on any atom is -0.497 e.